The summed E-state index contributed by atoms with van der Waals surface area (Å²) in [7, 11) is 0. The molecule has 0 aromatic heterocycles. The number of esters is 1. The first-order valence-corrected chi connectivity index (χ1v) is 14.8. The molecule has 1 aliphatic heterocycles. The Morgan fingerprint density at radius 2 is 1.92 bits per heavy atom. The molecule has 0 saturated heterocycles. The van der Waals surface area contributed by atoms with Gasteiger partial charge < -0.3 is 25.4 Å². The van der Waals surface area contributed by atoms with Gasteiger partial charge in [0.15, 0.2) is 0 Å². The lowest BCUT2D eigenvalue weighted by atomic mass is 9.41. The van der Waals surface area contributed by atoms with Crippen molar-refractivity contribution < 1.29 is 24.9 Å². The van der Waals surface area contributed by atoms with Crippen molar-refractivity contribution in [3.8, 4) is 0 Å². The zero-order valence-electron chi connectivity index (χ0n) is 22.4. The first kappa shape index (κ1) is 25.6. The molecule has 4 saturated carbocycles. The number of carbonyl (C=O) groups excluding carboxylic acids is 1. The summed E-state index contributed by atoms with van der Waals surface area (Å²) in [6, 6.07) is 0. The number of aliphatic hydroxyl groups is 3. The number of nitrogens with one attached hydrogen (secondary N) is 1. The fourth-order valence-corrected chi connectivity index (χ4v) is 9.98. The van der Waals surface area contributed by atoms with Gasteiger partial charge in [-0.25, -0.2) is 4.79 Å². The minimum absolute atomic E-state index is 0.109. The normalized spacial score (nSPS) is 47.5. The molecular weight excluding hydrogens is 466 g/mol. The molecule has 8 atom stereocenters. The molecule has 0 amide bonds. The minimum atomic E-state index is -0.923. The Labute approximate surface area is 221 Å². The Bertz CT molecular complexity index is 1020. The maximum absolute atomic E-state index is 12.5. The monoisotopic (exact) mass is 511 g/mol. The summed E-state index contributed by atoms with van der Waals surface area (Å²) in [5.41, 5.74) is 0.0258. The second-order valence-corrected chi connectivity index (χ2v) is 13.4. The fraction of sp³-hybridized carbons (Fsp3) is 0.774. The Morgan fingerprint density at radius 1 is 1.08 bits per heavy atom. The third-order valence-electron chi connectivity index (χ3n) is 11.9. The summed E-state index contributed by atoms with van der Waals surface area (Å²) in [6.07, 6.45) is 19.4. The highest BCUT2D eigenvalue weighted by molar-refractivity contribution is 5.85. The Morgan fingerprint density at radius 3 is 2.68 bits per heavy atom. The van der Waals surface area contributed by atoms with Crippen LogP contribution in [0.25, 0.3) is 0 Å². The van der Waals surface area contributed by atoms with Gasteiger partial charge in [0.05, 0.1) is 17.3 Å². The SMILES string of the molecule is C[C@]12CC[C@H]3[C@@H](CC[C@]4(O)C[C@@H](O)CC[C@]34CN/C=C/C3=CCCCC3)[C@@]1(O)CC[C@@H]2C1=CC(=O)OC1. The number of ether oxygens (including phenoxy) is 1. The molecule has 1 heterocycles. The highest BCUT2D eigenvalue weighted by atomic mass is 16.5. The van der Waals surface area contributed by atoms with Crippen LogP contribution in [0, 0.1) is 28.6 Å². The van der Waals surface area contributed by atoms with E-state index in [0.717, 1.165) is 56.9 Å². The van der Waals surface area contributed by atoms with E-state index in [1.165, 1.54) is 18.4 Å². The van der Waals surface area contributed by atoms with Crippen LogP contribution in [-0.4, -0.2) is 51.7 Å². The van der Waals surface area contributed by atoms with Crippen molar-refractivity contribution in [1.29, 1.82) is 0 Å². The van der Waals surface area contributed by atoms with Crippen molar-refractivity contribution in [2.75, 3.05) is 13.2 Å². The molecule has 6 aliphatic rings. The van der Waals surface area contributed by atoms with Gasteiger partial charge in [0.25, 0.3) is 0 Å². The molecule has 0 spiro atoms. The number of hydrogen-bond donors (Lipinski definition) is 4. The Balaban J connectivity index is 1.29. The number of aliphatic hydroxyl groups excluding tert-OH is 1. The predicted octanol–water partition coefficient (Wildman–Crippen LogP) is 4.30. The smallest absolute Gasteiger partial charge is 0.331 e. The Kier molecular flexibility index (Phi) is 6.40. The number of allylic oxidation sites excluding steroid dienone is 3. The van der Waals surface area contributed by atoms with Gasteiger partial charge in [-0.3, -0.25) is 0 Å². The summed E-state index contributed by atoms with van der Waals surface area (Å²) >= 11 is 0. The largest absolute Gasteiger partial charge is 0.458 e. The third kappa shape index (κ3) is 3.88. The van der Waals surface area contributed by atoms with Gasteiger partial charge in [-0.1, -0.05) is 18.6 Å². The van der Waals surface area contributed by atoms with Crippen LogP contribution in [0.1, 0.15) is 90.4 Å². The zero-order chi connectivity index (χ0) is 25.9. The number of cyclic esters (lactones) is 1. The van der Waals surface area contributed by atoms with E-state index in [9.17, 15) is 20.1 Å². The zero-order valence-corrected chi connectivity index (χ0v) is 22.4. The van der Waals surface area contributed by atoms with E-state index in [-0.39, 0.29) is 34.6 Å². The number of rotatable bonds is 5. The van der Waals surface area contributed by atoms with Crippen LogP contribution in [0.4, 0.5) is 0 Å². The van der Waals surface area contributed by atoms with Crippen molar-refractivity contribution in [2.45, 2.75) is 108 Å². The standard InChI is InChI=1S/C31H45NO5/c1-28-12-8-25-26(31(28,36)15-10-24(28)22-17-27(34)37-19-22)9-14-30(35)18-23(33)7-13-29(25,30)20-32-16-11-21-5-3-2-4-6-21/h5,11,16-17,23-26,32-33,35-36H,2-4,6-10,12-15,18-20H2,1H3/b16-11+/t23-,24+,25-,26+,28+,29-,30-,31-/m0/s1. The van der Waals surface area contributed by atoms with Gasteiger partial charge in [-0.15, -0.1) is 0 Å². The minimum Gasteiger partial charge on any atom is -0.458 e. The quantitative estimate of drug-likeness (QED) is 0.411. The molecule has 4 N–H and O–H groups in total. The molecule has 204 valence electrons. The van der Waals surface area contributed by atoms with Gasteiger partial charge in [-0.2, -0.15) is 0 Å². The van der Waals surface area contributed by atoms with E-state index in [1.807, 2.05) is 0 Å². The summed E-state index contributed by atoms with van der Waals surface area (Å²) in [6.45, 7) is 3.27. The van der Waals surface area contributed by atoms with Crippen molar-refractivity contribution in [1.82, 2.24) is 5.32 Å². The average molecular weight is 512 g/mol. The molecule has 6 rings (SSSR count). The highest BCUT2D eigenvalue weighted by Gasteiger charge is 2.71. The molecule has 0 bridgehead atoms. The van der Waals surface area contributed by atoms with E-state index < -0.39 is 17.3 Å². The fourth-order valence-electron chi connectivity index (χ4n) is 9.98. The van der Waals surface area contributed by atoms with Gasteiger partial charge in [0.2, 0.25) is 0 Å². The number of carbonyl (C=O) groups is 1. The maximum Gasteiger partial charge on any atom is 0.331 e. The molecule has 0 aromatic rings. The summed E-state index contributed by atoms with van der Waals surface area (Å²) in [4.78, 5) is 11.8. The first-order valence-electron chi connectivity index (χ1n) is 14.8. The number of fused-ring (bicyclic) bond motifs is 5. The van der Waals surface area contributed by atoms with E-state index in [0.29, 0.717) is 32.4 Å². The molecule has 6 heteroatoms. The molecule has 5 aliphatic carbocycles. The first-order chi connectivity index (χ1) is 17.7. The van der Waals surface area contributed by atoms with Crippen molar-refractivity contribution in [2.24, 2.45) is 28.6 Å². The van der Waals surface area contributed by atoms with Gasteiger partial charge in [0, 0.05) is 29.9 Å². The van der Waals surface area contributed by atoms with Crippen LogP contribution in [0.5, 0.6) is 0 Å². The predicted molar refractivity (Wildman–Crippen MR) is 141 cm³/mol. The molecule has 0 radical (unpaired) electrons. The second kappa shape index (κ2) is 9.24. The average Bonchev–Trinajstić information content (AvgIpc) is 3.42. The van der Waals surface area contributed by atoms with Crippen LogP contribution in [0.3, 0.4) is 0 Å². The van der Waals surface area contributed by atoms with E-state index in [4.69, 9.17) is 4.74 Å². The van der Waals surface area contributed by atoms with Crippen LogP contribution in [0.15, 0.2) is 35.6 Å². The third-order valence-corrected chi connectivity index (χ3v) is 11.9. The van der Waals surface area contributed by atoms with E-state index in [1.54, 1.807) is 6.08 Å². The van der Waals surface area contributed by atoms with Gasteiger partial charge in [-0.05, 0) is 113 Å². The lowest BCUT2D eigenvalue weighted by Crippen LogP contribution is -2.70. The van der Waals surface area contributed by atoms with Crippen molar-refractivity contribution >= 4 is 5.97 Å². The molecule has 0 aromatic carbocycles. The van der Waals surface area contributed by atoms with Crippen LogP contribution < -0.4 is 5.32 Å². The van der Waals surface area contributed by atoms with Crippen LogP contribution in [0.2, 0.25) is 0 Å². The van der Waals surface area contributed by atoms with Crippen molar-refractivity contribution in [3.05, 3.63) is 35.6 Å². The van der Waals surface area contributed by atoms with E-state index >= 15 is 0 Å². The molecule has 4 fully saturated rings. The topological polar surface area (TPSA) is 99.0 Å². The summed E-state index contributed by atoms with van der Waals surface area (Å²) in [5, 5.41) is 38.9. The van der Waals surface area contributed by atoms with Gasteiger partial charge >= 0.3 is 5.97 Å². The summed E-state index contributed by atoms with van der Waals surface area (Å²) in [5.74, 6) is 0.214. The lowest BCUT2D eigenvalue weighted by molar-refractivity contribution is -0.258. The molecular formula is C31H45NO5. The summed E-state index contributed by atoms with van der Waals surface area (Å²) < 4.78 is 5.26. The molecule has 37 heavy (non-hydrogen) atoms. The lowest BCUT2D eigenvalue weighted by Gasteiger charge is -2.66. The molecule has 6 nitrogen and oxygen atoms in total. The maximum atomic E-state index is 12.5. The van der Waals surface area contributed by atoms with Crippen LogP contribution >= 0.6 is 0 Å². The Hall–Kier alpha value is -1.63. The number of hydrogen-bond acceptors (Lipinski definition) is 6. The van der Waals surface area contributed by atoms with Gasteiger partial charge in [0.1, 0.15) is 6.61 Å². The second-order valence-electron chi connectivity index (χ2n) is 13.4. The van der Waals surface area contributed by atoms with Crippen LogP contribution in [-0.2, 0) is 9.53 Å². The van der Waals surface area contributed by atoms with E-state index in [2.05, 4.69) is 30.6 Å². The van der Waals surface area contributed by atoms with Crippen molar-refractivity contribution in [3.63, 3.8) is 0 Å². The highest BCUT2D eigenvalue weighted by Crippen LogP contribution is 2.70. The molecule has 0 unspecified atom stereocenters.